The van der Waals surface area contributed by atoms with Gasteiger partial charge in [0.25, 0.3) is 0 Å². The molecular weight excluding hydrogens is 328 g/mol. The van der Waals surface area contributed by atoms with E-state index in [4.69, 9.17) is 11.6 Å². The molecule has 0 saturated carbocycles. The van der Waals surface area contributed by atoms with E-state index >= 15 is 0 Å². The first kappa shape index (κ1) is 15.3. The van der Waals surface area contributed by atoms with E-state index in [1.807, 2.05) is 51.1 Å². The predicted octanol–water partition coefficient (Wildman–Crippen LogP) is 5.90. The van der Waals surface area contributed by atoms with Crippen LogP contribution >= 0.6 is 38.9 Å². The lowest BCUT2D eigenvalue weighted by atomic mass is 10.2. The average molecular weight is 342 g/mol. The van der Waals surface area contributed by atoms with Gasteiger partial charge in [0.1, 0.15) is 4.34 Å². The Kier molecular flexibility index (Phi) is 6.49. The fourth-order valence-electron chi connectivity index (χ4n) is 1.28. The van der Waals surface area contributed by atoms with Crippen molar-refractivity contribution in [3.05, 3.63) is 55.1 Å². The molecule has 1 heterocycles. The zero-order valence-electron chi connectivity index (χ0n) is 10.6. The summed E-state index contributed by atoms with van der Waals surface area (Å²) in [6.45, 7) is 6.03. The van der Waals surface area contributed by atoms with E-state index in [0.717, 1.165) is 19.9 Å². The average Bonchev–Trinajstić information content (AvgIpc) is 2.68. The molecule has 18 heavy (non-hydrogen) atoms. The maximum absolute atomic E-state index is 6.05. The molecule has 0 unspecified atom stereocenters. The van der Waals surface area contributed by atoms with Crippen molar-refractivity contribution in [2.45, 2.75) is 20.8 Å². The van der Waals surface area contributed by atoms with Crippen molar-refractivity contribution in [1.29, 1.82) is 0 Å². The SMILES string of the molecule is CC.Cc1cc(C#Cc2cccc(Br)c2)c(Cl)s1. The molecule has 3 heteroatoms. The molecule has 0 amide bonds. The Hall–Kier alpha value is -0.750. The fourth-order valence-corrected chi connectivity index (χ4v) is 2.82. The van der Waals surface area contributed by atoms with Gasteiger partial charge in [-0.25, -0.2) is 0 Å². The third-order valence-corrected chi connectivity index (χ3v) is 3.74. The van der Waals surface area contributed by atoms with Crippen molar-refractivity contribution in [3.63, 3.8) is 0 Å². The highest BCUT2D eigenvalue weighted by Crippen LogP contribution is 2.26. The van der Waals surface area contributed by atoms with Crippen molar-refractivity contribution in [2.24, 2.45) is 0 Å². The van der Waals surface area contributed by atoms with Crippen LogP contribution in [-0.4, -0.2) is 0 Å². The summed E-state index contributed by atoms with van der Waals surface area (Å²) in [5.74, 6) is 6.18. The monoisotopic (exact) mass is 340 g/mol. The first-order valence-electron chi connectivity index (χ1n) is 5.68. The molecule has 0 N–H and O–H groups in total. The van der Waals surface area contributed by atoms with Crippen LogP contribution in [0.25, 0.3) is 0 Å². The van der Waals surface area contributed by atoms with E-state index in [0.29, 0.717) is 0 Å². The zero-order chi connectivity index (χ0) is 13.5. The maximum atomic E-state index is 6.05. The van der Waals surface area contributed by atoms with Crippen molar-refractivity contribution in [2.75, 3.05) is 0 Å². The van der Waals surface area contributed by atoms with Crippen LogP contribution < -0.4 is 0 Å². The Morgan fingerprint density at radius 2 is 1.89 bits per heavy atom. The summed E-state index contributed by atoms with van der Waals surface area (Å²) in [5, 5.41) is 0. The van der Waals surface area contributed by atoms with Crippen LogP contribution in [-0.2, 0) is 0 Å². The molecule has 0 aliphatic heterocycles. The highest BCUT2D eigenvalue weighted by molar-refractivity contribution is 9.10. The Morgan fingerprint density at radius 1 is 1.17 bits per heavy atom. The summed E-state index contributed by atoms with van der Waals surface area (Å²) in [5.41, 5.74) is 1.89. The van der Waals surface area contributed by atoms with Crippen LogP contribution in [0.5, 0.6) is 0 Å². The van der Waals surface area contributed by atoms with E-state index in [-0.39, 0.29) is 0 Å². The van der Waals surface area contributed by atoms with Crippen LogP contribution in [0.15, 0.2) is 34.8 Å². The van der Waals surface area contributed by atoms with Gasteiger partial charge in [-0.15, -0.1) is 11.3 Å². The molecule has 0 radical (unpaired) electrons. The number of hydrogen-bond acceptors (Lipinski definition) is 1. The first-order chi connectivity index (χ1) is 8.65. The van der Waals surface area contributed by atoms with E-state index in [2.05, 4.69) is 27.8 Å². The lowest BCUT2D eigenvalue weighted by Crippen LogP contribution is -1.74. The lowest BCUT2D eigenvalue weighted by Gasteiger charge is -1.90. The van der Waals surface area contributed by atoms with Gasteiger partial charge in [0.2, 0.25) is 0 Å². The summed E-state index contributed by atoms with van der Waals surface area (Å²) in [6.07, 6.45) is 0. The van der Waals surface area contributed by atoms with Crippen LogP contribution in [0.3, 0.4) is 0 Å². The molecule has 1 aromatic heterocycles. The van der Waals surface area contributed by atoms with Gasteiger partial charge >= 0.3 is 0 Å². The molecule has 1 aromatic carbocycles. The molecule has 0 bridgehead atoms. The molecular formula is C15H14BrClS. The van der Waals surface area contributed by atoms with Crippen LogP contribution in [0.4, 0.5) is 0 Å². The van der Waals surface area contributed by atoms with Crippen LogP contribution in [0.1, 0.15) is 29.9 Å². The predicted molar refractivity (Wildman–Crippen MR) is 85.5 cm³/mol. The molecule has 0 nitrogen and oxygen atoms in total. The molecule has 2 aromatic rings. The minimum atomic E-state index is 0.764. The minimum absolute atomic E-state index is 0.764. The topological polar surface area (TPSA) is 0 Å². The molecule has 0 aliphatic carbocycles. The smallest absolute Gasteiger partial charge is 0.109 e. The van der Waals surface area contributed by atoms with Gasteiger partial charge in [-0.3, -0.25) is 0 Å². The summed E-state index contributed by atoms with van der Waals surface area (Å²) < 4.78 is 1.80. The Bertz CT molecular complexity index is 576. The van der Waals surface area contributed by atoms with Gasteiger partial charge in [-0.05, 0) is 31.2 Å². The number of thiophene rings is 1. The highest BCUT2D eigenvalue weighted by atomic mass is 79.9. The largest absolute Gasteiger partial charge is 0.127 e. The Morgan fingerprint density at radius 3 is 2.44 bits per heavy atom. The summed E-state index contributed by atoms with van der Waals surface area (Å²) in [6, 6.07) is 9.92. The second kappa shape index (κ2) is 7.63. The van der Waals surface area contributed by atoms with E-state index in [1.165, 1.54) is 4.88 Å². The molecule has 94 valence electrons. The van der Waals surface area contributed by atoms with E-state index in [9.17, 15) is 0 Å². The molecule has 0 fully saturated rings. The van der Waals surface area contributed by atoms with Crippen LogP contribution in [0, 0.1) is 18.8 Å². The number of hydrogen-bond donors (Lipinski definition) is 0. The summed E-state index contributed by atoms with van der Waals surface area (Å²) in [7, 11) is 0. The Balaban J connectivity index is 0.000000771. The van der Waals surface area contributed by atoms with Gasteiger partial charge < -0.3 is 0 Å². The lowest BCUT2D eigenvalue weighted by molar-refractivity contribution is 1.50. The number of aryl methyl sites for hydroxylation is 1. The van der Waals surface area contributed by atoms with Crippen molar-refractivity contribution in [3.8, 4) is 11.8 Å². The van der Waals surface area contributed by atoms with Gasteiger partial charge in [-0.2, -0.15) is 0 Å². The normalized spacial score (nSPS) is 8.94. The number of halogens is 2. The quantitative estimate of drug-likeness (QED) is 0.523. The molecule has 0 spiro atoms. The van der Waals surface area contributed by atoms with Crippen molar-refractivity contribution in [1.82, 2.24) is 0 Å². The second-order valence-corrected chi connectivity index (χ2v) is 6.08. The number of rotatable bonds is 0. The minimum Gasteiger partial charge on any atom is -0.127 e. The van der Waals surface area contributed by atoms with E-state index in [1.54, 1.807) is 11.3 Å². The summed E-state index contributed by atoms with van der Waals surface area (Å²) >= 11 is 11.0. The fraction of sp³-hybridized carbons (Fsp3) is 0.200. The standard InChI is InChI=1S/C13H8BrClS.C2H6/c1-9-7-11(13(15)16-9)6-5-10-3-2-4-12(14)8-10;1-2/h2-4,7-8H,1H3;1-2H3. The molecule has 2 rings (SSSR count). The second-order valence-electron chi connectivity index (χ2n) is 3.30. The van der Waals surface area contributed by atoms with Crippen LogP contribution in [0.2, 0.25) is 4.34 Å². The van der Waals surface area contributed by atoms with E-state index < -0.39 is 0 Å². The first-order valence-corrected chi connectivity index (χ1v) is 7.67. The molecule has 0 atom stereocenters. The van der Waals surface area contributed by atoms with Gasteiger partial charge in [-0.1, -0.05) is 59.3 Å². The van der Waals surface area contributed by atoms with Crippen molar-refractivity contribution >= 4 is 38.9 Å². The summed E-state index contributed by atoms with van der Waals surface area (Å²) in [4.78, 5) is 1.18. The van der Waals surface area contributed by atoms with Gasteiger partial charge in [0, 0.05) is 14.9 Å². The third kappa shape index (κ3) is 4.49. The zero-order valence-corrected chi connectivity index (χ0v) is 13.7. The van der Waals surface area contributed by atoms with Crippen molar-refractivity contribution < 1.29 is 0 Å². The maximum Gasteiger partial charge on any atom is 0.109 e. The highest BCUT2D eigenvalue weighted by Gasteiger charge is 2.00. The van der Waals surface area contributed by atoms with Gasteiger partial charge in [0.05, 0.1) is 5.56 Å². The third-order valence-electron chi connectivity index (χ3n) is 1.98. The number of benzene rings is 1. The van der Waals surface area contributed by atoms with Gasteiger partial charge in [0.15, 0.2) is 0 Å². The molecule has 0 aliphatic rings. The Labute approximate surface area is 126 Å². The molecule has 0 saturated heterocycles.